The predicted molar refractivity (Wildman–Crippen MR) is 118 cm³/mol. The maximum Gasteiger partial charge on any atom is 0.306 e. The van der Waals surface area contributed by atoms with Crippen LogP contribution in [0.2, 0.25) is 0 Å². The number of rotatable bonds is 7. The van der Waals surface area contributed by atoms with Crippen molar-refractivity contribution in [2.24, 2.45) is 5.92 Å². The Morgan fingerprint density at radius 1 is 1.23 bits per heavy atom. The molecule has 0 spiro atoms. The molecule has 31 heavy (non-hydrogen) atoms. The first-order chi connectivity index (χ1) is 14.9. The average Bonchev–Trinajstić information content (AvgIpc) is 2.78. The number of nitrogens with zero attached hydrogens (tertiary/aromatic N) is 1. The standard InChI is InChI=1S/C24H34N2O5/c1-4-30-16-15-25-21(27)17-20-13-9-6-10-14-22(28)31-23(18(2)26(3)24(20)29)19-11-7-5-8-12-19/h5-9,11-12,18,20,23H,4,10,13-17H2,1-3H3,(H,25,27)/t18-,20-,23-/m0/s1. The third-order valence-corrected chi connectivity index (χ3v) is 5.44. The highest BCUT2D eigenvalue weighted by Gasteiger charge is 2.33. The Morgan fingerprint density at radius 2 is 1.97 bits per heavy atom. The highest BCUT2D eigenvalue weighted by atomic mass is 16.5. The maximum absolute atomic E-state index is 13.3. The van der Waals surface area contributed by atoms with Crippen molar-refractivity contribution < 1.29 is 23.9 Å². The summed E-state index contributed by atoms with van der Waals surface area (Å²) in [6, 6.07) is 9.05. The van der Waals surface area contributed by atoms with Gasteiger partial charge in [0.2, 0.25) is 11.8 Å². The van der Waals surface area contributed by atoms with E-state index >= 15 is 0 Å². The Morgan fingerprint density at radius 3 is 2.68 bits per heavy atom. The van der Waals surface area contributed by atoms with E-state index in [1.165, 1.54) is 0 Å². The Hall–Kier alpha value is -2.67. The molecular formula is C24H34N2O5. The fourth-order valence-corrected chi connectivity index (χ4v) is 3.53. The minimum absolute atomic E-state index is 0.0994. The lowest BCUT2D eigenvalue weighted by Gasteiger charge is -2.34. The molecular weight excluding hydrogens is 396 g/mol. The van der Waals surface area contributed by atoms with Gasteiger partial charge < -0.3 is 19.7 Å². The fraction of sp³-hybridized carbons (Fsp3) is 0.542. The molecule has 2 rings (SSSR count). The van der Waals surface area contributed by atoms with Gasteiger partial charge in [0.15, 0.2) is 0 Å². The molecule has 1 heterocycles. The zero-order valence-electron chi connectivity index (χ0n) is 18.7. The van der Waals surface area contributed by atoms with Crippen LogP contribution in [0.25, 0.3) is 0 Å². The highest BCUT2D eigenvalue weighted by molar-refractivity contribution is 5.86. The third kappa shape index (κ3) is 7.83. The summed E-state index contributed by atoms with van der Waals surface area (Å²) in [6.45, 7) is 5.22. The van der Waals surface area contributed by atoms with Crippen LogP contribution >= 0.6 is 0 Å². The number of ether oxygens (including phenoxy) is 2. The van der Waals surface area contributed by atoms with E-state index < -0.39 is 12.0 Å². The van der Waals surface area contributed by atoms with E-state index in [0.29, 0.717) is 32.6 Å². The zero-order valence-corrected chi connectivity index (χ0v) is 18.7. The lowest BCUT2D eigenvalue weighted by atomic mass is 9.95. The number of cyclic esters (lactones) is 1. The van der Waals surface area contributed by atoms with Gasteiger partial charge >= 0.3 is 5.97 Å². The molecule has 0 unspecified atom stereocenters. The molecule has 1 aliphatic heterocycles. The number of carbonyl (C=O) groups is 3. The molecule has 0 aromatic heterocycles. The lowest BCUT2D eigenvalue weighted by Crippen LogP contribution is -2.44. The van der Waals surface area contributed by atoms with Gasteiger partial charge in [-0.2, -0.15) is 0 Å². The van der Waals surface area contributed by atoms with Crippen LogP contribution in [0.5, 0.6) is 0 Å². The topological polar surface area (TPSA) is 84.9 Å². The SMILES string of the molecule is CCOCCNC(=O)C[C@@H]1CC=CCCC(=O)O[C@H](c2ccccc2)[C@H](C)N(C)C1=O. The molecule has 0 saturated heterocycles. The second kappa shape index (κ2) is 12.9. The largest absolute Gasteiger partial charge is 0.455 e. The first-order valence-corrected chi connectivity index (χ1v) is 10.9. The molecule has 0 radical (unpaired) electrons. The summed E-state index contributed by atoms with van der Waals surface area (Å²) in [4.78, 5) is 39.6. The van der Waals surface area contributed by atoms with Gasteiger partial charge in [0, 0.05) is 33.0 Å². The van der Waals surface area contributed by atoms with Gasteiger partial charge in [0.25, 0.3) is 0 Å². The summed E-state index contributed by atoms with van der Waals surface area (Å²) in [5.74, 6) is -1.10. The summed E-state index contributed by atoms with van der Waals surface area (Å²) >= 11 is 0. The van der Waals surface area contributed by atoms with Crippen LogP contribution < -0.4 is 5.32 Å². The zero-order chi connectivity index (χ0) is 22.6. The molecule has 170 valence electrons. The van der Waals surface area contributed by atoms with Gasteiger partial charge in [-0.05, 0) is 32.3 Å². The van der Waals surface area contributed by atoms with E-state index in [9.17, 15) is 14.4 Å². The number of likely N-dealkylation sites (N-methyl/N-ethyl adjacent to an activating group) is 1. The number of nitrogens with one attached hydrogen (secondary N) is 1. The lowest BCUT2D eigenvalue weighted by molar-refractivity contribution is -0.156. The number of esters is 1. The van der Waals surface area contributed by atoms with E-state index in [1.54, 1.807) is 11.9 Å². The van der Waals surface area contributed by atoms with Crippen LogP contribution in [-0.4, -0.2) is 55.5 Å². The number of hydrogen-bond donors (Lipinski definition) is 1. The maximum atomic E-state index is 13.3. The van der Waals surface area contributed by atoms with Crippen LogP contribution in [0.15, 0.2) is 42.5 Å². The Labute approximate surface area is 184 Å². The van der Waals surface area contributed by atoms with Crippen LogP contribution in [0, 0.1) is 5.92 Å². The summed E-state index contributed by atoms with van der Waals surface area (Å²) < 4.78 is 11.0. The monoisotopic (exact) mass is 430 g/mol. The molecule has 7 heteroatoms. The Bertz CT molecular complexity index is 750. The van der Waals surface area contributed by atoms with Gasteiger partial charge in [0.05, 0.1) is 18.6 Å². The second-order valence-corrected chi connectivity index (χ2v) is 7.70. The number of amides is 2. The van der Waals surface area contributed by atoms with Crippen molar-refractivity contribution in [3.63, 3.8) is 0 Å². The van der Waals surface area contributed by atoms with E-state index in [1.807, 2.05) is 56.3 Å². The van der Waals surface area contributed by atoms with Crippen molar-refractivity contribution in [2.45, 2.75) is 51.7 Å². The fourth-order valence-electron chi connectivity index (χ4n) is 3.53. The molecule has 1 N–H and O–H groups in total. The summed E-state index contributed by atoms with van der Waals surface area (Å²) in [6.07, 6.45) is 4.52. The van der Waals surface area contributed by atoms with E-state index in [2.05, 4.69) is 5.32 Å². The van der Waals surface area contributed by atoms with Gasteiger partial charge in [-0.15, -0.1) is 0 Å². The molecule has 2 amide bonds. The summed E-state index contributed by atoms with van der Waals surface area (Å²) in [5, 5.41) is 2.81. The van der Waals surface area contributed by atoms with E-state index in [-0.39, 0.29) is 36.7 Å². The van der Waals surface area contributed by atoms with Crippen molar-refractivity contribution in [2.75, 3.05) is 26.8 Å². The van der Waals surface area contributed by atoms with E-state index in [0.717, 1.165) is 5.56 Å². The first kappa shape index (κ1) is 24.6. The minimum Gasteiger partial charge on any atom is -0.455 e. The van der Waals surface area contributed by atoms with Crippen molar-refractivity contribution in [3.05, 3.63) is 48.0 Å². The van der Waals surface area contributed by atoms with Crippen molar-refractivity contribution >= 4 is 17.8 Å². The number of allylic oxidation sites excluding steroid dienone is 2. The van der Waals surface area contributed by atoms with Crippen LogP contribution in [0.4, 0.5) is 0 Å². The van der Waals surface area contributed by atoms with Crippen molar-refractivity contribution in [1.29, 1.82) is 0 Å². The minimum atomic E-state index is -0.577. The predicted octanol–water partition coefficient (Wildman–Crippen LogP) is 3.02. The first-order valence-electron chi connectivity index (χ1n) is 10.9. The summed E-state index contributed by atoms with van der Waals surface area (Å²) in [5.41, 5.74) is 0.834. The van der Waals surface area contributed by atoms with Gasteiger partial charge in [-0.1, -0.05) is 42.5 Å². The molecule has 3 atom stereocenters. The molecule has 0 fully saturated rings. The number of carbonyl (C=O) groups excluding carboxylic acids is 3. The average molecular weight is 431 g/mol. The number of hydrogen-bond acceptors (Lipinski definition) is 5. The molecule has 1 aromatic carbocycles. The van der Waals surface area contributed by atoms with Gasteiger partial charge in [-0.3, -0.25) is 14.4 Å². The molecule has 0 saturated carbocycles. The van der Waals surface area contributed by atoms with Crippen LogP contribution in [-0.2, 0) is 23.9 Å². The van der Waals surface area contributed by atoms with Crippen LogP contribution in [0.3, 0.4) is 0 Å². The van der Waals surface area contributed by atoms with Crippen molar-refractivity contribution in [3.8, 4) is 0 Å². The molecule has 1 aromatic rings. The smallest absolute Gasteiger partial charge is 0.306 e. The van der Waals surface area contributed by atoms with Crippen molar-refractivity contribution in [1.82, 2.24) is 10.2 Å². The van der Waals surface area contributed by atoms with Gasteiger partial charge in [-0.25, -0.2) is 0 Å². The molecule has 0 aliphatic carbocycles. The Kier molecular flexibility index (Phi) is 10.2. The van der Waals surface area contributed by atoms with Gasteiger partial charge in [0.1, 0.15) is 6.10 Å². The quantitative estimate of drug-likeness (QED) is 0.408. The molecule has 1 aliphatic rings. The third-order valence-electron chi connectivity index (χ3n) is 5.44. The molecule has 0 bridgehead atoms. The van der Waals surface area contributed by atoms with E-state index in [4.69, 9.17) is 9.47 Å². The molecule has 7 nitrogen and oxygen atoms in total. The number of benzene rings is 1. The highest BCUT2D eigenvalue weighted by Crippen LogP contribution is 2.27. The van der Waals surface area contributed by atoms with Crippen LogP contribution in [0.1, 0.15) is 51.2 Å². The Balaban J connectivity index is 2.17. The second-order valence-electron chi connectivity index (χ2n) is 7.70. The normalized spacial score (nSPS) is 22.9. The summed E-state index contributed by atoms with van der Waals surface area (Å²) in [7, 11) is 1.70.